The third-order valence-corrected chi connectivity index (χ3v) is 3.30. The fourth-order valence-corrected chi connectivity index (χ4v) is 2.17. The molecule has 2 rings (SSSR count). The van der Waals surface area contributed by atoms with Gasteiger partial charge in [0.05, 0.1) is 11.6 Å². The number of hydrogen-bond acceptors (Lipinski definition) is 2. The largest absolute Gasteiger partial charge is 0.494 e. The highest BCUT2D eigenvalue weighted by molar-refractivity contribution is 6.30. The van der Waals surface area contributed by atoms with Gasteiger partial charge < -0.3 is 10.1 Å². The number of hydrogen-bond donors (Lipinski definition) is 1. The van der Waals surface area contributed by atoms with E-state index in [-0.39, 0.29) is 10.8 Å². The third-order valence-electron chi connectivity index (χ3n) is 3.01. The van der Waals surface area contributed by atoms with Gasteiger partial charge in [0.2, 0.25) is 0 Å². The van der Waals surface area contributed by atoms with Crippen LogP contribution in [0.2, 0.25) is 5.02 Å². The fraction of sp³-hybridized carbons (Fsp3) is 0.294. The molecule has 1 N–H and O–H groups in total. The van der Waals surface area contributed by atoms with E-state index in [1.54, 1.807) is 12.1 Å². The summed E-state index contributed by atoms with van der Waals surface area (Å²) in [6.07, 6.45) is 0.994. The highest BCUT2D eigenvalue weighted by atomic mass is 35.5. The highest BCUT2D eigenvalue weighted by Gasteiger charge is 2.01. The second-order valence-electron chi connectivity index (χ2n) is 4.85. The van der Waals surface area contributed by atoms with Crippen LogP contribution in [0.15, 0.2) is 42.5 Å². The molecule has 0 saturated carbocycles. The summed E-state index contributed by atoms with van der Waals surface area (Å²) in [6, 6.07) is 12.8. The van der Waals surface area contributed by atoms with Crippen LogP contribution in [-0.4, -0.2) is 6.61 Å². The Morgan fingerprint density at radius 1 is 1.10 bits per heavy atom. The predicted octanol–water partition coefficient (Wildman–Crippen LogP) is 4.56. The van der Waals surface area contributed by atoms with Gasteiger partial charge in [-0.05, 0) is 41.8 Å². The molecular weight excluding hydrogens is 289 g/mol. The molecule has 4 heteroatoms. The van der Waals surface area contributed by atoms with E-state index in [1.165, 1.54) is 6.07 Å². The van der Waals surface area contributed by atoms with E-state index in [1.807, 2.05) is 24.3 Å². The predicted molar refractivity (Wildman–Crippen MR) is 84.2 cm³/mol. The molecule has 112 valence electrons. The van der Waals surface area contributed by atoms with Gasteiger partial charge in [0.25, 0.3) is 0 Å². The van der Waals surface area contributed by atoms with Gasteiger partial charge in [-0.25, -0.2) is 4.39 Å². The second kappa shape index (κ2) is 8.01. The van der Waals surface area contributed by atoms with E-state index in [9.17, 15) is 4.39 Å². The summed E-state index contributed by atoms with van der Waals surface area (Å²) in [6.45, 7) is 4.17. The van der Waals surface area contributed by atoms with E-state index < -0.39 is 0 Å². The molecule has 0 heterocycles. The van der Waals surface area contributed by atoms with Gasteiger partial charge in [-0.2, -0.15) is 0 Å². The first-order valence-corrected chi connectivity index (χ1v) is 7.43. The number of nitrogens with one attached hydrogen (secondary N) is 1. The Bertz CT molecular complexity index is 589. The molecule has 0 spiro atoms. The minimum Gasteiger partial charge on any atom is -0.494 e. The van der Waals surface area contributed by atoms with Crippen molar-refractivity contribution >= 4 is 11.6 Å². The summed E-state index contributed by atoms with van der Waals surface area (Å²) in [5.74, 6) is 0.502. The SMILES string of the molecule is CCCOc1cccc(CNCc2ccc(F)c(Cl)c2)c1. The Morgan fingerprint density at radius 2 is 1.86 bits per heavy atom. The summed E-state index contributed by atoms with van der Waals surface area (Å²) in [5.41, 5.74) is 2.11. The van der Waals surface area contributed by atoms with Gasteiger partial charge in [0.15, 0.2) is 0 Å². The Kier molecular flexibility index (Phi) is 6.03. The molecule has 0 amide bonds. The van der Waals surface area contributed by atoms with Crippen LogP contribution in [0, 0.1) is 5.82 Å². The zero-order valence-corrected chi connectivity index (χ0v) is 12.8. The van der Waals surface area contributed by atoms with Gasteiger partial charge in [0, 0.05) is 13.1 Å². The Hall–Kier alpha value is -1.58. The summed E-state index contributed by atoms with van der Waals surface area (Å²) < 4.78 is 18.7. The van der Waals surface area contributed by atoms with Crippen LogP contribution in [0.3, 0.4) is 0 Å². The number of rotatable bonds is 7. The number of ether oxygens (including phenoxy) is 1. The van der Waals surface area contributed by atoms with Crippen molar-refractivity contribution in [3.63, 3.8) is 0 Å². The maximum absolute atomic E-state index is 13.1. The maximum atomic E-state index is 13.1. The van der Waals surface area contributed by atoms with Crippen molar-refractivity contribution in [3.05, 3.63) is 64.4 Å². The molecule has 0 aliphatic rings. The van der Waals surface area contributed by atoms with E-state index in [0.29, 0.717) is 6.54 Å². The first-order valence-electron chi connectivity index (χ1n) is 7.05. The fourth-order valence-electron chi connectivity index (χ4n) is 1.97. The van der Waals surface area contributed by atoms with Crippen LogP contribution in [-0.2, 0) is 13.1 Å². The van der Waals surface area contributed by atoms with Crippen molar-refractivity contribution in [2.24, 2.45) is 0 Å². The van der Waals surface area contributed by atoms with Gasteiger partial charge in [-0.15, -0.1) is 0 Å². The lowest BCUT2D eigenvalue weighted by molar-refractivity contribution is 0.317. The number of halogens is 2. The van der Waals surface area contributed by atoms with Crippen LogP contribution in [0.1, 0.15) is 24.5 Å². The maximum Gasteiger partial charge on any atom is 0.141 e. The smallest absolute Gasteiger partial charge is 0.141 e. The Balaban J connectivity index is 1.86. The Labute approximate surface area is 129 Å². The average molecular weight is 308 g/mol. The van der Waals surface area contributed by atoms with Crippen LogP contribution >= 0.6 is 11.6 Å². The summed E-state index contributed by atoms with van der Waals surface area (Å²) >= 11 is 5.76. The van der Waals surface area contributed by atoms with Gasteiger partial charge >= 0.3 is 0 Å². The quantitative estimate of drug-likeness (QED) is 0.810. The van der Waals surface area contributed by atoms with E-state index in [4.69, 9.17) is 16.3 Å². The van der Waals surface area contributed by atoms with E-state index in [0.717, 1.165) is 36.4 Å². The van der Waals surface area contributed by atoms with Crippen molar-refractivity contribution in [1.29, 1.82) is 0 Å². The molecule has 21 heavy (non-hydrogen) atoms. The zero-order valence-electron chi connectivity index (χ0n) is 12.0. The molecule has 0 fully saturated rings. The van der Waals surface area contributed by atoms with Crippen molar-refractivity contribution in [3.8, 4) is 5.75 Å². The minimum atomic E-state index is -0.388. The summed E-state index contributed by atoms with van der Waals surface area (Å²) in [7, 11) is 0. The molecular formula is C17H19ClFNO. The van der Waals surface area contributed by atoms with Gasteiger partial charge in [-0.1, -0.05) is 36.7 Å². The molecule has 0 aliphatic carbocycles. The molecule has 0 aromatic heterocycles. The van der Waals surface area contributed by atoms with Crippen LogP contribution < -0.4 is 10.1 Å². The highest BCUT2D eigenvalue weighted by Crippen LogP contribution is 2.16. The Morgan fingerprint density at radius 3 is 2.57 bits per heavy atom. The molecule has 0 unspecified atom stereocenters. The van der Waals surface area contributed by atoms with Gasteiger partial charge in [-0.3, -0.25) is 0 Å². The lowest BCUT2D eigenvalue weighted by Gasteiger charge is -2.09. The molecule has 0 radical (unpaired) electrons. The molecule has 2 nitrogen and oxygen atoms in total. The normalized spacial score (nSPS) is 10.6. The van der Waals surface area contributed by atoms with E-state index in [2.05, 4.69) is 12.2 Å². The van der Waals surface area contributed by atoms with Crippen molar-refractivity contribution in [2.45, 2.75) is 26.4 Å². The molecule has 0 aliphatic heterocycles. The first kappa shape index (κ1) is 15.8. The molecule has 0 bridgehead atoms. The molecule has 2 aromatic carbocycles. The summed E-state index contributed by atoms with van der Waals surface area (Å²) in [5, 5.41) is 3.47. The van der Waals surface area contributed by atoms with Crippen molar-refractivity contribution in [2.75, 3.05) is 6.61 Å². The molecule has 0 saturated heterocycles. The third kappa shape index (κ3) is 5.03. The van der Waals surface area contributed by atoms with Crippen LogP contribution in [0.5, 0.6) is 5.75 Å². The van der Waals surface area contributed by atoms with Crippen LogP contribution in [0.4, 0.5) is 4.39 Å². The lowest BCUT2D eigenvalue weighted by atomic mass is 10.2. The first-order chi connectivity index (χ1) is 10.2. The topological polar surface area (TPSA) is 21.3 Å². The lowest BCUT2D eigenvalue weighted by Crippen LogP contribution is -2.12. The minimum absolute atomic E-state index is 0.157. The summed E-state index contributed by atoms with van der Waals surface area (Å²) in [4.78, 5) is 0. The van der Waals surface area contributed by atoms with Crippen LogP contribution in [0.25, 0.3) is 0 Å². The number of benzene rings is 2. The van der Waals surface area contributed by atoms with Crippen molar-refractivity contribution in [1.82, 2.24) is 5.32 Å². The van der Waals surface area contributed by atoms with Crippen molar-refractivity contribution < 1.29 is 9.13 Å². The average Bonchev–Trinajstić information content (AvgIpc) is 2.49. The molecule has 2 aromatic rings. The second-order valence-corrected chi connectivity index (χ2v) is 5.26. The van der Waals surface area contributed by atoms with E-state index >= 15 is 0 Å². The standard InChI is InChI=1S/C17H19ClFNO/c1-2-8-21-15-5-3-4-13(9-15)11-20-12-14-6-7-17(19)16(18)10-14/h3-7,9-10,20H,2,8,11-12H2,1H3. The van der Waals surface area contributed by atoms with Gasteiger partial charge in [0.1, 0.15) is 11.6 Å². The molecule has 0 atom stereocenters. The zero-order chi connectivity index (χ0) is 15.1. The monoisotopic (exact) mass is 307 g/mol.